The fraction of sp³-hybridized carbons (Fsp3) is 0.250. The molecule has 0 amide bonds. The molecule has 2 rings (SSSR count). The van der Waals surface area contributed by atoms with Crippen LogP contribution in [0.1, 0.15) is 22.3 Å². The van der Waals surface area contributed by atoms with Crippen LogP contribution >= 0.6 is 0 Å². The highest BCUT2D eigenvalue weighted by atomic mass is 16.3. The summed E-state index contributed by atoms with van der Waals surface area (Å²) in [5, 5.41) is 27.0. The molecule has 1 N–H and O–H groups in total. The maximum atomic E-state index is 12.2. The number of azo groups is 1. The summed E-state index contributed by atoms with van der Waals surface area (Å²) in [6, 6.07) is 7.47. The van der Waals surface area contributed by atoms with E-state index in [2.05, 4.69) is 10.2 Å². The fourth-order valence-electron chi connectivity index (χ4n) is 2.02. The van der Waals surface area contributed by atoms with Crippen molar-refractivity contribution < 1.29 is 5.11 Å². The average Bonchev–Trinajstić information content (AvgIpc) is 2.49. The Bertz CT molecular complexity index is 873. The molecule has 0 spiro atoms. The minimum atomic E-state index is -0.499. The molecule has 6 nitrogen and oxygen atoms in total. The Morgan fingerprint density at radius 1 is 1.18 bits per heavy atom. The Morgan fingerprint density at radius 2 is 1.86 bits per heavy atom. The number of nitrogens with zero attached hydrogens (tertiary/aromatic N) is 4. The van der Waals surface area contributed by atoms with Crippen LogP contribution in [0, 0.1) is 32.1 Å². The first-order valence-corrected chi connectivity index (χ1v) is 6.68. The van der Waals surface area contributed by atoms with Gasteiger partial charge in [-0.05, 0) is 44.0 Å². The van der Waals surface area contributed by atoms with Gasteiger partial charge in [-0.25, -0.2) is 0 Å². The zero-order valence-electron chi connectivity index (χ0n) is 12.9. The van der Waals surface area contributed by atoms with Gasteiger partial charge < -0.3 is 5.11 Å². The first-order valence-electron chi connectivity index (χ1n) is 6.68. The van der Waals surface area contributed by atoms with E-state index in [0.29, 0.717) is 11.3 Å². The molecule has 0 radical (unpaired) electrons. The van der Waals surface area contributed by atoms with Crippen LogP contribution in [0.25, 0.3) is 0 Å². The lowest BCUT2D eigenvalue weighted by Crippen LogP contribution is -2.18. The highest BCUT2D eigenvalue weighted by Gasteiger charge is 2.16. The summed E-state index contributed by atoms with van der Waals surface area (Å²) in [5.41, 5.74) is 2.73. The molecule has 1 aromatic heterocycles. The van der Waals surface area contributed by atoms with Crippen LogP contribution in [0.5, 0.6) is 5.88 Å². The number of aromatic nitrogens is 1. The summed E-state index contributed by atoms with van der Waals surface area (Å²) in [6.45, 7) is 5.52. The van der Waals surface area contributed by atoms with Crippen molar-refractivity contribution in [3.05, 3.63) is 50.8 Å². The molecule has 0 saturated carbocycles. The highest BCUT2D eigenvalue weighted by molar-refractivity contribution is 5.56. The maximum absolute atomic E-state index is 12.2. The topological polar surface area (TPSA) is 90.7 Å². The molecule has 22 heavy (non-hydrogen) atoms. The van der Waals surface area contributed by atoms with E-state index < -0.39 is 5.56 Å². The van der Waals surface area contributed by atoms with Crippen molar-refractivity contribution in [3.63, 3.8) is 0 Å². The first kappa shape index (κ1) is 15.4. The summed E-state index contributed by atoms with van der Waals surface area (Å²) < 4.78 is 0.986. The summed E-state index contributed by atoms with van der Waals surface area (Å²) in [6.07, 6.45) is 0. The number of aromatic hydroxyl groups is 1. The lowest BCUT2D eigenvalue weighted by molar-refractivity contribution is 0.421. The summed E-state index contributed by atoms with van der Waals surface area (Å²) in [5.74, 6) is -0.366. The normalized spacial score (nSPS) is 10.9. The minimum absolute atomic E-state index is 0.0242. The molecule has 1 heterocycles. The predicted molar refractivity (Wildman–Crippen MR) is 82.9 cm³/mol. The van der Waals surface area contributed by atoms with Crippen molar-refractivity contribution in [1.29, 1.82) is 5.26 Å². The number of nitriles is 1. The van der Waals surface area contributed by atoms with E-state index in [1.807, 2.05) is 32.0 Å². The second kappa shape index (κ2) is 5.82. The van der Waals surface area contributed by atoms with Crippen LogP contribution in [0.4, 0.5) is 11.4 Å². The highest BCUT2D eigenvalue weighted by Crippen LogP contribution is 2.26. The number of hydrogen-bond acceptors (Lipinski definition) is 5. The lowest BCUT2D eigenvalue weighted by atomic mass is 10.1. The van der Waals surface area contributed by atoms with Crippen LogP contribution < -0.4 is 5.56 Å². The molecule has 1 aromatic carbocycles. The van der Waals surface area contributed by atoms with E-state index in [0.717, 1.165) is 15.7 Å². The third-order valence-corrected chi connectivity index (χ3v) is 3.65. The number of hydrogen-bond donors (Lipinski definition) is 1. The maximum Gasteiger partial charge on any atom is 0.281 e. The molecule has 0 aliphatic carbocycles. The van der Waals surface area contributed by atoms with Crippen molar-refractivity contribution >= 4 is 11.4 Å². The molecule has 0 fully saturated rings. The quantitative estimate of drug-likeness (QED) is 0.862. The Kier molecular flexibility index (Phi) is 4.08. The third kappa shape index (κ3) is 2.61. The smallest absolute Gasteiger partial charge is 0.281 e. The zero-order valence-corrected chi connectivity index (χ0v) is 12.9. The van der Waals surface area contributed by atoms with Gasteiger partial charge in [0.25, 0.3) is 5.56 Å². The molecular weight excluding hydrogens is 280 g/mol. The van der Waals surface area contributed by atoms with E-state index in [4.69, 9.17) is 5.26 Å². The zero-order chi connectivity index (χ0) is 16.4. The SMILES string of the molecule is Cc1ccc(N=Nc2c(C)c(C#N)c(O)n(C)c2=O)cc1C. The van der Waals surface area contributed by atoms with Crippen molar-refractivity contribution in [1.82, 2.24) is 4.57 Å². The van der Waals surface area contributed by atoms with Gasteiger partial charge in [-0.2, -0.15) is 10.4 Å². The Labute approximate surface area is 128 Å². The molecule has 112 valence electrons. The second-order valence-electron chi connectivity index (χ2n) is 5.12. The van der Waals surface area contributed by atoms with Gasteiger partial charge in [-0.1, -0.05) is 6.07 Å². The summed E-state index contributed by atoms with van der Waals surface area (Å²) >= 11 is 0. The lowest BCUT2D eigenvalue weighted by Gasteiger charge is -2.08. The molecule has 0 aliphatic heterocycles. The van der Waals surface area contributed by atoms with E-state index in [1.54, 1.807) is 13.0 Å². The Morgan fingerprint density at radius 3 is 2.45 bits per heavy atom. The van der Waals surface area contributed by atoms with Crippen LogP contribution in [0.3, 0.4) is 0 Å². The van der Waals surface area contributed by atoms with E-state index in [1.165, 1.54) is 7.05 Å². The molecule has 0 unspecified atom stereocenters. The van der Waals surface area contributed by atoms with Crippen LogP contribution in [-0.2, 0) is 7.05 Å². The van der Waals surface area contributed by atoms with Gasteiger partial charge in [0.05, 0.1) is 5.69 Å². The molecule has 0 saturated heterocycles. The molecular formula is C16H16N4O2. The number of pyridine rings is 1. The summed E-state index contributed by atoms with van der Waals surface area (Å²) in [4.78, 5) is 12.2. The van der Waals surface area contributed by atoms with Gasteiger partial charge in [0, 0.05) is 12.6 Å². The molecule has 0 bridgehead atoms. The monoisotopic (exact) mass is 296 g/mol. The fourth-order valence-corrected chi connectivity index (χ4v) is 2.02. The molecule has 2 aromatic rings. The third-order valence-electron chi connectivity index (χ3n) is 3.65. The largest absolute Gasteiger partial charge is 0.493 e. The average molecular weight is 296 g/mol. The van der Waals surface area contributed by atoms with E-state index >= 15 is 0 Å². The Hall–Kier alpha value is -2.94. The van der Waals surface area contributed by atoms with Crippen molar-refractivity contribution in [3.8, 4) is 11.9 Å². The predicted octanol–water partition coefficient (Wildman–Crippen LogP) is 3.30. The van der Waals surface area contributed by atoms with Gasteiger partial charge in [0.15, 0.2) is 5.69 Å². The van der Waals surface area contributed by atoms with E-state index in [9.17, 15) is 9.90 Å². The number of aryl methyl sites for hydroxylation is 2. The van der Waals surface area contributed by atoms with Crippen LogP contribution in [0.15, 0.2) is 33.2 Å². The van der Waals surface area contributed by atoms with Gasteiger partial charge >= 0.3 is 0 Å². The molecule has 0 atom stereocenters. The van der Waals surface area contributed by atoms with Crippen molar-refractivity contribution in [2.75, 3.05) is 0 Å². The van der Waals surface area contributed by atoms with Gasteiger partial charge in [0.2, 0.25) is 5.88 Å². The van der Waals surface area contributed by atoms with Crippen molar-refractivity contribution in [2.24, 2.45) is 17.3 Å². The molecule has 0 aliphatic rings. The first-order chi connectivity index (χ1) is 10.4. The van der Waals surface area contributed by atoms with Gasteiger partial charge in [-0.15, -0.1) is 5.11 Å². The van der Waals surface area contributed by atoms with Crippen molar-refractivity contribution in [2.45, 2.75) is 20.8 Å². The number of rotatable bonds is 2. The standard InChI is InChI=1S/C16H16N4O2/c1-9-5-6-12(7-10(9)2)18-19-14-11(3)13(8-17)15(21)20(4)16(14)22/h5-7,21H,1-4H3. The summed E-state index contributed by atoms with van der Waals surface area (Å²) in [7, 11) is 1.38. The van der Waals surface area contributed by atoms with Gasteiger partial charge in [-0.3, -0.25) is 9.36 Å². The second-order valence-corrected chi connectivity index (χ2v) is 5.12. The van der Waals surface area contributed by atoms with Crippen LogP contribution in [-0.4, -0.2) is 9.67 Å². The Balaban J connectivity index is 2.57. The van der Waals surface area contributed by atoms with Gasteiger partial charge in [0.1, 0.15) is 11.6 Å². The van der Waals surface area contributed by atoms with E-state index in [-0.39, 0.29) is 17.1 Å². The molecule has 6 heteroatoms. The number of benzene rings is 1. The minimum Gasteiger partial charge on any atom is -0.493 e. The van der Waals surface area contributed by atoms with Crippen LogP contribution in [0.2, 0.25) is 0 Å².